The molecule has 102 valence electrons. The summed E-state index contributed by atoms with van der Waals surface area (Å²) in [7, 11) is -1.40. The average molecular weight is 272 g/mol. The van der Waals surface area contributed by atoms with E-state index in [1.807, 2.05) is 27.0 Å². The van der Waals surface area contributed by atoms with Crippen molar-refractivity contribution in [3.05, 3.63) is 18.5 Å². The number of nitrogens with zero attached hydrogens (tertiary/aromatic N) is 1. The van der Waals surface area contributed by atoms with E-state index in [4.69, 9.17) is 0 Å². The zero-order valence-electron chi connectivity index (χ0n) is 11.1. The first-order valence-corrected chi connectivity index (χ1v) is 7.47. The van der Waals surface area contributed by atoms with E-state index in [1.54, 1.807) is 12.4 Å². The molecule has 0 aliphatic heterocycles. The molecule has 6 nitrogen and oxygen atoms in total. The molecule has 0 unspecified atom stereocenters. The van der Waals surface area contributed by atoms with Crippen LogP contribution in [0.5, 0.6) is 0 Å². The van der Waals surface area contributed by atoms with Crippen molar-refractivity contribution in [2.45, 2.75) is 19.4 Å². The van der Waals surface area contributed by atoms with Crippen molar-refractivity contribution in [2.75, 3.05) is 30.5 Å². The van der Waals surface area contributed by atoms with Crippen molar-refractivity contribution in [3.63, 3.8) is 0 Å². The van der Waals surface area contributed by atoms with Gasteiger partial charge in [-0.3, -0.25) is 4.98 Å². The van der Waals surface area contributed by atoms with Crippen LogP contribution in [-0.2, 0) is 10.0 Å². The van der Waals surface area contributed by atoms with E-state index in [9.17, 15) is 8.42 Å². The highest BCUT2D eigenvalue weighted by molar-refractivity contribution is 7.88. The molecule has 1 heterocycles. The minimum atomic E-state index is -3.22. The number of anilines is 2. The van der Waals surface area contributed by atoms with Crippen LogP contribution in [-0.4, -0.2) is 38.8 Å². The molecule has 3 N–H and O–H groups in total. The van der Waals surface area contributed by atoms with Crippen molar-refractivity contribution < 1.29 is 8.42 Å². The first-order chi connectivity index (χ1) is 8.22. The minimum Gasteiger partial charge on any atom is -0.387 e. The maximum Gasteiger partial charge on any atom is 0.209 e. The molecule has 0 spiro atoms. The van der Waals surface area contributed by atoms with Crippen molar-refractivity contribution in [1.29, 1.82) is 0 Å². The predicted molar refractivity (Wildman–Crippen MR) is 74.3 cm³/mol. The zero-order valence-corrected chi connectivity index (χ0v) is 11.9. The van der Waals surface area contributed by atoms with Crippen LogP contribution in [0.1, 0.15) is 13.8 Å². The van der Waals surface area contributed by atoms with Crippen LogP contribution in [0.15, 0.2) is 18.5 Å². The third kappa shape index (κ3) is 5.33. The number of nitrogens with one attached hydrogen (secondary N) is 3. The van der Waals surface area contributed by atoms with Gasteiger partial charge in [0.2, 0.25) is 10.0 Å². The second-order valence-electron chi connectivity index (χ2n) is 4.82. The van der Waals surface area contributed by atoms with Gasteiger partial charge < -0.3 is 10.6 Å². The summed E-state index contributed by atoms with van der Waals surface area (Å²) in [6.45, 7) is 4.10. The van der Waals surface area contributed by atoms with Gasteiger partial charge in [0.25, 0.3) is 0 Å². The van der Waals surface area contributed by atoms with Gasteiger partial charge in [0.05, 0.1) is 30.0 Å². The Morgan fingerprint density at radius 3 is 2.44 bits per heavy atom. The molecule has 0 fully saturated rings. The molecule has 0 amide bonds. The standard InChI is InChI=1S/C11H20N4O2S/c1-11(2,15-18(4,16)17)8-14-10-5-9(12-3)6-13-7-10/h5-7,12,14-15H,8H2,1-4H3. The Kier molecular flexibility index (Phi) is 4.53. The number of pyridine rings is 1. The second-order valence-corrected chi connectivity index (χ2v) is 6.57. The van der Waals surface area contributed by atoms with Gasteiger partial charge in [0.15, 0.2) is 0 Å². The molecular weight excluding hydrogens is 252 g/mol. The lowest BCUT2D eigenvalue weighted by Gasteiger charge is -2.25. The molecule has 0 aliphatic carbocycles. The summed E-state index contributed by atoms with van der Waals surface area (Å²) < 4.78 is 25.0. The van der Waals surface area contributed by atoms with Gasteiger partial charge in [-0.05, 0) is 19.9 Å². The fourth-order valence-electron chi connectivity index (χ4n) is 1.53. The fourth-order valence-corrected chi connectivity index (χ4v) is 2.61. The second kappa shape index (κ2) is 5.53. The van der Waals surface area contributed by atoms with Crippen LogP contribution in [0.3, 0.4) is 0 Å². The smallest absolute Gasteiger partial charge is 0.209 e. The van der Waals surface area contributed by atoms with E-state index < -0.39 is 15.6 Å². The summed E-state index contributed by atoms with van der Waals surface area (Å²) in [6.07, 6.45) is 4.56. The normalized spacial score (nSPS) is 12.2. The van der Waals surface area contributed by atoms with Crippen molar-refractivity contribution in [1.82, 2.24) is 9.71 Å². The molecule has 0 saturated carbocycles. The molecule has 0 aliphatic rings. The first kappa shape index (κ1) is 14.7. The van der Waals surface area contributed by atoms with Crippen LogP contribution in [0.2, 0.25) is 0 Å². The Hall–Kier alpha value is -1.34. The van der Waals surface area contributed by atoms with Crippen LogP contribution in [0.25, 0.3) is 0 Å². The molecule has 0 atom stereocenters. The Morgan fingerprint density at radius 2 is 1.89 bits per heavy atom. The fraction of sp³-hybridized carbons (Fsp3) is 0.545. The lowest BCUT2D eigenvalue weighted by atomic mass is 10.1. The number of sulfonamides is 1. The lowest BCUT2D eigenvalue weighted by Crippen LogP contribution is -2.47. The topological polar surface area (TPSA) is 83.1 Å². The zero-order chi connectivity index (χ0) is 13.8. The third-order valence-electron chi connectivity index (χ3n) is 2.22. The highest BCUT2D eigenvalue weighted by Gasteiger charge is 2.21. The molecule has 1 aromatic heterocycles. The first-order valence-electron chi connectivity index (χ1n) is 5.57. The number of rotatable bonds is 6. The summed E-state index contributed by atoms with van der Waals surface area (Å²) in [5, 5.41) is 6.14. The lowest BCUT2D eigenvalue weighted by molar-refractivity contribution is 0.476. The largest absolute Gasteiger partial charge is 0.387 e. The SMILES string of the molecule is CNc1cncc(NCC(C)(C)NS(C)(=O)=O)c1. The molecule has 1 rings (SSSR count). The van der Waals surface area contributed by atoms with E-state index in [1.165, 1.54) is 0 Å². The third-order valence-corrected chi connectivity index (χ3v) is 3.15. The van der Waals surface area contributed by atoms with Crippen LogP contribution in [0, 0.1) is 0 Å². The van der Waals surface area contributed by atoms with E-state index in [2.05, 4.69) is 20.3 Å². The van der Waals surface area contributed by atoms with E-state index in [0.29, 0.717) is 6.54 Å². The number of aromatic nitrogens is 1. The summed E-state index contributed by atoms with van der Waals surface area (Å²) in [6, 6.07) is 1.91. The van der Waals surface area contributed by atoms with E-state index in [0.717, 1.165) is 17.6 Å². The van der Waals surface area contributed by atoms with E-state index in [-0.39, 0.29) is 0 Å². The summed E-state index contributed by atoms with van der Waals surface area (Å²) >= 11 is 0. The molecule has 1 aromatic rings. The Morgan fingerprint density at radius 1 is 1.28 bits per heavy atom. The highest BCUT2D eigenvalue weighted by atomic mass is 32.2. The Labute approximate surface area is 108 Å². The highest BCUT2D eigenvalue weighted by Crippen LogP contribution is 2.13. The Balaban J connectivity index is 2.63. The van der Waals surface area contributed by atoms with E-state index >= 15 is 0 Å². The summed E-state index contributed by atoms with van der Waals surface area (Å²) in [4.78, 5) is 4.07. The van der Waals surface area contributed by atoms with Gasteiger partial charge in [0.1, 0.15) is 0 Å². The number of hydrogen-bond donors (Lipinski definition) is 3. The van der Waals surface area contributed by atoms with Crippen LogP contribution in [0.4, 0.5) is 11.4 Å². The maximum absolute atomic E-state index is 11.2. The Bertz CT molecular complexity index is 500. The van der Waals surface area contributed by atoms with Crippen LogP contribution >= 0.6 is 0 Å². The van der Waals surface area contributed by atoms with Crippen LogP contribution < -0.4 is 15.4 Å². The van der Waals surface area contributed by atoms with Gasteiger partial charge in [-0.2, -0.15) is 0 Å². The van der Waals surface area contributed by atoms with Crippen molar-refractivity contribution in [3.8, 4) is 0 Å². The summed E-state index contributed by atoms with van der Waals surface area (Å²) in [5.41, 5.74) is 1.17. The molecule has 7 heteroatoms. The van der Waals surface area contributed by atoms with Gasteiger partial charge in [0, 0.05) is 19.1 Å². The maximum atomic E-state index is 11.2. The quantitative estimate of drug-likeness (QED) is 0.715. The van der Waals surface area contributed by atoms with Gasteiger partial charge in [-0.25, -0.2) is 13.1 Å². The number of hydrogen-bond acceptors (Lipinski definition) is 5. The van der Waals surface area contributed by atoms with Crippen molar-refractivity contribution in [2.24, 2.45) is 0 Å². The molecule has 18 heavy (non-hydrogen) atoms. The molecule has 0 radical (unpaired) electrons. The molecule has 0 aromatic carbocycles. The monoisotopic (exact) mass is 272 g/mol. The van der Waals surface area contributed by atoms with Gasteiger partial charge >= 0.3 is 0 Å². The van der Waals surface area contributed by atoms with Gasteiger partial charge in [-0.15, -0.1) is 0 Å². The molecular formula is C11H20N4O2S. The van der Waals surface area contributed by atoms with Gasteiger partial charge in [-0.1, -0.05) is 0 Å². The van der Waals surface area contributed by atoms with Crippen molar-refractivity contribution >= 4 is 21.4 Å². The predicted octanol–water partition coefficient (Wildman–Crippen LogP) is 0.863. The minimum absolute atomic E-state index is 0.467. The summed E-state index contributed by atoms with van der Waals surface area (Å²) in [5.74, 6) is 0. The molecule has 0 saturated heterocycles. The average Bonchev–Trinajstić information content (AvgIpc) is 2.24. The molecule has 0 bridgehead atoms.